The van der Waals surface area contributed by atoms with Crippen molar-refractivity contribution in [3.8, 4) is 0 Å². The highest BCUT2D eigenvalue weighted by molar-refractivity contribution is 14.0. The number of nitrogens with one attached hydrogen (secondary N) is 2. The van der Waals surface area contributed by atoms with Gasteiger partial charge < -0.3 is 20.1 Å². The number of aryl methyl sites for hydroxylation is 1. The van der Waals surface area contributed by atoms with Crippen LogP contribution in [-0.4, -0.2) is 78.6 Å². The average Bonchev–Trinajstić information content (AvgIpc) is 3.14. The zero-order valence-corrected chi connectivity index (χ0v) is 20.5. The number of aliphatic imine (C=N–C) groups is 1. The van der Waals surface area contributed by atoms with Crippen LogP contribution >= 0.6 is 24.0 Å². The van der Waals surface area contributed by atoms with Crippen molar-refractivity contribution >= 4 is 46.7 Å². The number of carbonyl (C=O) groups excluding carboxylic acids is 1. The van der Waals surface area contributed by atoms with E-state index in [1.807, 2.05) is 4.90 Å². The lowest BCUT2D eigenvalue weighted by Crippen LogP contribution is -2.50. The van der Waals surface area contributed by atoms with E-state index in [4.69, 9.17) is 4.99 Å². The van der Waals surface area contributed by atoms with E-state index in [2.05, 4.69) is 63.6 Å². The molecule has 0 aliphatic carbocycles. The normalized spacial score (nSPS) is 15.1. The third kappa shape index (κ3) is 7.16. The van der Waals surface area contributed by atoms with Crippen LogP contribution in [0.25, 0.3) is 10.9 Å². The van der Waals surface area contributed by atoms with Gasteiger partial charge in [0.05, 0.1) is 0 Å². The Morgan fingerprint density at radius 1 is 1.07 bits per heavy atom. The topological polar surface area (TPSA) is 64.9 Å². The van der Waals surface area contributed by atoms with E-state index in [9.17, 15) is 4.79 Å². The summed E-state index contributed by atoms with van der Waals surface area (Å²) in [6, 6.07) is 10.6. The number of rotatable bonds is 8. The molecular weight excluding hydrogens is 491 g/mol. The SMILES string of the molecule is CCNC(=NCCCn1ccc2ccccc21)NCCN1CCN(C(C)=O)CC1.I. The number of nitrogens with zero attached hydrogens (tertiary/aromatic N) is 4. The predicted molar refractivity (Wildman–Crippen MR) is 135 cm³/mol. The molecule has 3 rings (SSSR count). The molecule has 1 saturated heterocycles. The summed E-state index contributed by atoms with van der Waals surface area (Å²) in [5.74, 6) is 1.06. The molecule has 8 heteroatoms. The maximum atomic E-state index is 11.4. The number of benzene rings is 1. The molecule has 2 N–H and O–H groups in total. The maximum Gasteiger partial charge on any atom is 0.219 e. The number of hydrogen-bond donors (Lipinski definition) is 2. The molecule has 0 unspecified atom stereocenters. The van der Waals surface area contributed by atoms with Crippen LogP contribution < -0.4 is 10.6 Å². The number of hydrogen-bond acceptors (Lipinski definition) is 3. The van der Waals surface area contributed by atoms with Gasteiger partial charge in [0.15, 0.2) is 5.96 Å². The maximum absolute atomic E-state index is 11.4. The van der Waals surface area contributed by atoms with E-state index >= 15 is 0 Å². The van der Waals surface area contributed by atoms with Crippen LogP contribution in [0.4, 0.5) is 0 Å². The minimum atomic E-state index is 0. The van der Waals surface area contributed by atoms with Crippen LogP contribution in [0.3, 0.4) is 0 Å². The largest absolute Gasteiger partial charge is 0.357 e. The van der Waals surface area contributed by atoms with Gasteiger partial charge in [0, 0.05) is 77.5 Å². The molecule has 1 aromatic heterocycles. The van der Waals surface area contributed by atoms with Gasteiger partial charge in [-0.2, -0.15) is 0 Å². The quantitative estimate of drug-likeness (QED) is 0.240. The van der Waals surface area contributed by atoms with Gasteiger partial charge in [0.1, 0.15) is 0 Å². The lowest BCUT2D eigenvalue weighted by atomic mass is 10.2. The lowest BCUT2D eigenvalue weighted by Gasteiger charge is -2.34. The molecule has 0 bridgehead atoms. The van der Waals surface area contributed by atoms with Crippen molar-refractivity contribution in [1.82, 2.24) is 25.0 Å². The Morgan fingerprint density at radius 3 is 2.57 bits per heavy atom. The van der Waals surface area contributed by atoms with Gasteiger partial charge in [-0.3, -0.25) is 14.7 Å². The van der Waals surface area contributed by atoms with Crippen LogP contribution in [0, 0.1) is 0 Å². The number of aromatic nitrogens is 1. The highest BCUT2D eigenvalue weighted by Crippen LogP contribution is 2.15. The Hall–Kier alpha value is -1.81. The summed E-state index contributed by atoms with van der Waals surface area (Å²) in [5.41, 5.74) is 1.28. The zero-order valence-electron chi connectivity index (χ0n) is 18.1. The number of amides is 1. The highest BCUT2D eigenvalue weighted by atomic mass is 127. The molecule has 30 heavy (non-hydrogen) atoms. The molecule has 0 atom stereocenters. The molecule has 166 valence electrons. The first-order valence-electron chi connectivity index (χ1n) is 10.7. The van der Waals surface area contributed by atoms with Crippen LogP contribution in [0.5, 0.6) is 0 Å². The lowest BCUT2D eigenvalue weighted by molar-refractivity contribution is -0.130. The second-order valence-corrected chi connectivity index (χ2v) is 7.46. The number of para-hydroxylation sites is 1. The van der Waals surface area contributed by atoms with Gasteiger partial charge in [0.25, 0.3) is 0 Å². The molecule has 2 aromatic rings. The van der Waals surface area contributed by atoms with Gasteiger partial charge in [0.2, 0.25) is 5.91 Å². The second kappa shape index (κ2) is 12.8. The minimum Gasteiger partial charge on any atom is -0.357 e. The van der Waals surface area contributed by atoms with Crippen molar-refractivity contribution in [1.29, 1.82) is 0 Å². The summed E-state index contributed by atoms with van der Waals surface area (Å²) >= 11 is 0. The van der Waals surface area contributed by atoms with Crippen LogP contribution in [-0.2, 0) is 11.3 Å². The fraction of sp³-hybridized carbons (Fsp3) is 0.545. The van der Waals surface area contributed by atoms with Crippen molar-refractivity contribution < 1.29 is 4.79 Å². The number of piperazine rings is 1. The van der Waals surface area contributed by atoms with Crippen LogP contribution in [0.2, 0.25) is 0 Å². The Labute approximate surface area is 196 Å². The third-order valence-electron chi connectivity index (χ3n) is 5.39. The predicted octanol–water partition coefficient (Wildman–Crippen LogP) is 2.37. The Kier molecular flexibility index (Phi) is 10.4. The molecule has 2 heterocycles. The molecule has 7 nitrogen and oxygen atoms in total. The molecule has 1 aromatic carbocycles. The van der Waals surface area contributed by atoms with Gasteiger partial charge in [-0.15, -0.1) is 24.0 Å². The molecule has 0 radical (unpaired) electrons. The molecule has 0 spiro atoms. The number of fused-ring (bicyclic) bond motifs is 1. The summed E-state index contributed by atoms with van der Waals surface area (Å²) in [7, 11) is 0. The fourth-order valence-electron chi connectivity index (χ4n) is 3.73. The van der Waals surface area contributed by atoms with Crippen molar-refractivity contribution in [3.63, 3.8) is 0 Å². The molecule has 1 amide bonds. The Bertz CT molecular complexity index is 813. The number of halogens is 1. The van der Waals surface area contributed by atoms with E-state index in [0.717, 1.165) is 71.3 Å². The molecule has 1 aliphatic rings. The van der Waals surface area contributed by atoms with Crippen LogP contribution in [0.1, 0.15) is 20.3 Å². The van der Waals surface area contributed by atoms with Crippen LogP contribution in [0.15, 0.2) is 41.5 Å². The first-order chi connectivity index (χ1) is 14.2. The first-order valence-corrected chi connectivity index (χ1v) is 10.7. The monoisotopic (exact) mass is 526 g/mol. The van der Waals surface area contributed by atoms with E-state index in [1.54, 1.807) is 6.92 Å². The summed E-state index contributed by atoms with van der Waals surface area (Å²) in [5, 5.41) is 8.05. The van der Waals surface area contributed by atoms with E-state index in [1.165, 1.54) is 10.9 Å². The summed E-state index contributed by atoms with van der Waals surface area (Å²) < 4.78 is 2.30. The van der Waals surface area contributed by atoms with Gasteiger partial charge in [-0.1, -0.05) is 18.2 Å². The molecule has 1 aliphatic heterocycles. The minimum absolute atomic E-state index is 0. The highest BCUT2D eigenvalue weighted by Gasteiger charge is 2.17. The Morgan fingerprint density at radius 2 is 1.83 bits per heavy atom. The van der Waals surface area contributed by atoms with Crippen molar-refractivity contribution in [2.75, 3.05) is 52.4 Å². The van der Waals surface area contributed by atoms with E-state index in [-0.39, 0.29) is 29.9 Å². The van der Waals surface area contributed by atoms with Gasteiger partial charge in [-0.25, -0.2) is 0 Å². The number of guanidine groups is 1. The molecule has 1 fully saturated rings. The summed E-state index contributed by atoms with van der Waals surface area (Å²) in [6.45, 7) is 11.7. The fourth-order valence-corrected chi connectivity index (χ4v) is 3.73. The third-order valence-corrected chi connectivity index (χ3v) is 5.39. The standard InChI is InChI=1S/C22H34N6O.HI/c1-3-23-22(25-11-14-26-15-17-27(18-16-26)19(2)29)24-10-6-12-28-13-9-20-7-4-5-8-21(20)28;/h4-5,7-9,13H,3,6,10-12,14-18H2,1-2H3,(H2,23,24,25);1H. The average molecular weight is 526 g/mol. The Balaban J connectivity index is 0.00000320. The summed E-state index contributed by atoms with van der Waals surface area (Å²) in [6.07, 6.45) is 3.16. The smallest absolute Gasteiger partial charge is 0.219 e. The molecule has 0 saturated carbocycles. The van der Waals surface area contributed by atoms with E-state index < -0.39 is 0 Å². The number of carbonyl (C=O) groups is 1. The van der Waals surface area contributed by atoms with Gasteiger partial charge in [-0.05, 0) is 30.9 Å². The van der Waals surface area contributed by atoms with Crippen molar-refractivity contribution in [3.05, 3.63) is 36.5 Å². The van der Waals surface area contributed by atoms with Crippen molar-refractivity contribution in [2.24, 2.45) is 4.99 Å². The van der Waals surface area contributed by atoms with Crippen molar-refractivity contribution in [2.45, 2.75) is 26.8 Å². The summed E-state index contributed by atoms with van der Waals surface area (Å²) in [4.78, 5) is 20.5. The molecular formula is C22H35IN6O. The second-order valence-electron chi connectivity index (χ2n) is 7.46. The van der Waals surface area contributed by atoms with Gasteiger partial charge >= 0.3 is 0 Å². The zero-order chi connectivity index (χ0) is 20.5. The first kappa shape index (κ1) is 24.5. The van der Waals surface area contributed by atoms with E-state index in [0.29, 0.717) is 0 Å².